The lowest BCUT2D eigenvalue weighted by molar-refractivity contribution is 0.287. The van der Waals surface area contributed by atoms with Crippen molar-refractivity contribution in [2.75, 3.05) is 7.05 Å². The zero-order valence-corrected chi connectivity index (χ0v) is 9.76. The lowest BCUT2D eigenvalue weighted by Crippen LogP contribution is -2.16. The van der Waals surface area contributed by atoms with Crippen molar-refractivity contribution in [2.24, 2.45) is 0 Å². The largest absolute Gasteiger partial charge is 0.449 e. The van der Waals surface area contributed by atoms with E-state index in [9.17, 15) is 0 Å². The third-order valence-electron chi connectivity index (χ3n) is 2.49. The predicted octanol–water partition coefficient (Wildman–Crippen LogP) is 2.78. The highest BCUT2D eigenvalue weighted by molar-refractivity contribution is 5.19. The van der Waals surface area contributed by atoms with E-state index in [1.165, 1.54) is 5.56 Å². The van der Waals surface area contributed by atoms with Crippen molar-refractivity contribution in [3.63, 3.8) is 0 Å². The number of nitrogens with zero attached hydrogens (tertiary/aromatic N) is 2. The molecule has 2 aromatic rings. The number of hydrogen-bond donors (Lipinski definition) is 0. The molecule has 0 bridgehead atoms. The van der Waals surface area contributed by atoms with Crippen molar-refractivity contribution < 1.29 is 4.42 Å². The summed E-state index contributed by atoms with van der Waals surface area (Å²) in [7, 11) is 2.03. The maximum absolute atomic E-state index is 8.66. The Morgan fingerprint density at radius 3 is 2.53 bits per heavy atom. The van der Waals surface area contributed by atoms with Crippen molar-refractivity contribution in [3.05, 3.63) is 59.5 Å². The van der Waals surface area contributed by atoms with E-state index >= 15 is 0 Å². The SMILES string of the molecule is CN(Cc1ccccc1)Cc1ccc(C#N)o1. The van der Waals surface area contributed by atoms with Crippen LogP contribution in [0.15, 0.2) is 46.9 Å². The number of nitriles is 1. The van der Waals surface area contributed by atoms with Gasteiger partial charge in [-0.05, 0) is 24.7 Å². The lowest BCUT2D eigenvalue weighted by atomic mass is 10.2. The Morgan fingerprint density at radius 1 is 1.12 bits per heavy atom. The Bertz CT molecular complexity index is 511. The van der Waals surface area contributed by atoms with Gasteiger partial charge in [0.25, 0.3) is 0 Å². The topological polar surface area (TPSA) is 40.2 Å². The normalized spacial score (nSPS) is 10.4. The first-order chi connectivity index (χ1) is 8.28. The van der Waals surface area contributed by atoms with Crippen LogP contribution in [0.25, 0.3) is 0 Å². The molecule has 0 saturated heterocycles. The lowest BCUT2D eigenvalue weighted by Gasteiger charge is -2.14. The van der Waals surface area contributed by atoms with E-state index in [2.05, 4.69) is 17.0 Å². The van der Waals surface area contributed by atoms with Crippen LogP contribution in [-0.2, 0) is 13.1 Å². The van der Waals surface area contributed by atoms with Gasteiger partial charge in [0, 0.05) is 6.54 Å². The van der Waals surface area contributed by atoms with Crippen LogP contribution in [0.2, 0.25) is 0 Å². The molecule has 3 nitrogen and oxygen atoms in total. The first-order valence-electron chi connectivity index (χ1n) is 5.49. The predicted molar refractivity (Wildman–Crippen MR) is 65.0 cm³/mol. The molecule has 0 aliphatic heterocycles. The van der Waals surface area contributed by atoms with Crippen LogP contribution in [0.1, 0.15) is 17.1 Å². The molecule has 0 fully saturated rings. The van der Waals surface area contributed by atoms with E-state index in [1.807, 2.05) is 37.4 Å². The molecule has 0 spiro atoms. The Hall–Kier alpha value is -2.05. The second-order valence-corrected chi connectivity index (χ2v) is 4.04. The van der Waals surface area contributed by atoms with E-state index in [0.29, 0.717) is 12.3 Å². The van der Waals surface area contributed by atoms with Gasteiger partial charge < -0.3 is 4.42 Å². The molecule has 3 heteroatoms. The van der Waals surface area contributed by atoms with E-state index in [-0.39, 0.29) is 0 Å². The summed E-state index contributed by atoms with van der Waals surface area (Å²) in [6.07, 6.45) is 0. The van der Waals surface area contributed by atoms with Crippen LogP contribution in [0.5, 0.6) is 0 Å². The van der Waals surface area contributed by atoms with E-state index in [0.717, 1.165) is 12.3 Å². The van der Waals surface area contributed by atoms with E-state index in [4.69, 9.17) is 9.68 Å². The van der Waals surface area contributed by atoms with Gasteiger partial charge >= 0.3 is 0 Å². The van der Waals surface area contributed by atoms with Crippen LogP contribution in [0.3, 0.4) is 0 Å². The summed E-state index contributed by atoms with van der Waals surface area (Å²) in [5.41, 5.74) is 1.27. The molecule has 0 radical (unpaired) electrons. The highest BCUT2D eigenvalue weighted by Gasteiger charge is 2.05. The number of benzene rings is 1. The molecule has 0 aliphatic carbocycles. The van der Waals surface area contributed by atoms with Gasteiger partial charge in [0.1, 0.15) is 11.8 Å². The monoisotopic (exact) mass is 226 g/mol. The third kappa shape index (κ3) is 3.20. The van der Waals surface area contributed by atoms with Gasteiger partial charge in [-0.2, -0.15) is 5.26 Å². The van der Waals surface area contributed by atoms with Crippen LogP contribution in [0.4, 0.5) is 0 Å². The van der Waals surface area contributed by atoms with E-state index in [1.54, 1.807) is 6.07 Å². The smallest absolute Gasteiger partial charge is 0.203 e. The van der Waals surface area contributed by atoms with Crippen LogP contribution in [-0.4, -0.2) is 11.9 Å². The third-order valence-corrected chi connectivity index (χ3v) is 2.49. The summed E-state index contributed by atoms with van der Waals surface area (Å²) in [5, 5.41) is 8.66. The first kappa shape index (κ1) is 11.4. The fraction of sp³-hybridized carbons (Fsp3) is 0.214. The molecule has 0 N–H and O–H groups in total. The van der Waals surface area contributed by atoms with Gasteiger partial charge in [0.15, 0.2) is 0 Å². The molecule has 0 saturated carbocycles. The minimum absolute atomic E-state index is 0.369. The van der Waals surface area contributed by atoms with Crippen LogP contribution < -0.4 is 0 Å². The van der Waals surface area contributed by atoms with Gasteiger partial charge in [0.2, 0.25) is 5.76 Å². The van der Waals surface area contributed by atoms with Gasteiger partial charge in [-0.25, -0.2) is 0 Å². The molecule has 1 aromatic carbocycles. The minimum atomic E-state index is 0.369. The highest BCUT2D eigenvalue weighted by Crippen LogP contribution is 2.11. The molecule has 0 aliphatic rings. The average Bonchev–Trinajstić information content (AvgIpc) is 2.78. The molecular formula is C14H14N2O. The molecule has 17 heavy (non-hydrogen) atoms. The first-order valence-corrected chi connectivity index (χ1v) is 5.49. The summed E-state index contributed by atoms with van der Waals surface area (Å²) in [5.74, 6) is 1.19. The van der Waals surface area contributed by atoms with Crippen molar-refractivity contribution in [1.29, 1.82) is 5.26 Å². The molecule has 2 rings (SSSR count). The Morgan fingerprint density at radius 2 is 1.88 bits per heavy atom. The summed E-state index contributed by atoms with van der Waals surface area (Å²) >= 11 is 0. The number of furan rings is 1. The molecular weight excluding hydrogens is 212 g/mol. The summed E-state index contributed by atoms with van der Waals surface area (Å²) in [6.45, 7) is 1.57. The van der Waals surface area contributed by atoms with Crippen molar-refractivity contribution >= 4 is 0 Å². The summed E-state index contributed by atoms with van der Waals surface area (Å²) in [6, 6.07) is 15.8. The standard InChI is InChI=1S/C14H14N2O/c1-16(10-12-5-3-2-4-6-12)11-14-8-7-13(9-15)17-14/h2-8H,10-11H2,1H3. The zero-order chi connectivity index (χ0) is 12.1. The van der Waals surface area contributed by atoms with E-state index < -0.39 is 0 Å². The van der Waals surface area contributed by atoms with Gasteiger partial charge in [-0.15, -0.1) is 0 Å². The Kier molecular flexibility index (Phi) is 3.59. The fourth-order valence-electron chi connectivity index (χ4n) is 1.74. The molecule has 1 heterocycles. The quantitative estimate of drug-likeness (QED) is 0.804. The van der Waals surface area contributed by atoms with Crippen molar-refractivity contribution in [1.82, 2.24) is 4.90 Å². The Labute approximate surface area is 101 Å². The summed E-state index contributed by atoms with van der Waals surface area (Å²) < 4.78 is 5.34. The second kappa shape index (κ2) is 5.33. The van der Waals surface area contributed by atoms with Gasteiger partial charge in [-0.1, -0.05) is 30.3 Å². The highest BCUT2D eigenvalue weighted by atomic mass is 16.3. The van der Waals surface area contributed by atoms with Gasteiger partial charge in [0.05, 0.1) is 6.54 Å². The fourth-order valence-corrected chi connectivity index (χ4v) is 1.74. The average molecular weight is 226 g/mol. The molecule has 0 atom stereocenters. The number of hydrogen-bond acceptors (Lipinski definition) is 3. The zero-order valence-electron chi connectivity index (χ0n) is 9.76. The molecule has 0 unspecified atom stereocenters. The summed E-state index contributed by atoms with van der Waals surface area (Å²) in [4.78, 5) is 2.15. The minimum Gasteiger partial charge on any atom is -0.449 e. The molecule has 1 aromatic heterocycles. The van der Waals surface area contributed by atoms with Crippen molar-refractivity contribution in [2.45, 2.75) is 13.1 Å². The van der Waals surface area contributed by atoms with Crippen LogP contribution in [0, 0.1) is 11.3 Å². The molecule has 86 valence electrons. The maximum Gasteiger partial charge on any atom is 0.203 e. The van der Waals surface area contributed by atoms with Gasteiger partial charge in [-0.3, -0.25) is 4.90 Å². The second-order valence-electron chi connectivity index (χ2n) is 4.04. The maximum atomic E-state index is 8.66. The molecule has 0 amide bonds. The Balaban J connectivity index is 1.94. The number of rotatable bonds is 4. The van der Waals surface area contributed by atoms with Crippen molar-refractivity contribution in [3.8, 4) is 6.07 Å². The van der Waals surface area contributed by atoms with Crippen LogP contribution >= 0.6 is 0 Å².